The monoisotopic (exact) mass is 234 g/mol. The molecular formula is C14H18O3. The van der Waals surface area contributed by atoms with Gasteiger partial charge in [0.05, 0.1) is 5.56 Å². The van der Waals surface area contributed by atoms with Crippen molar-refractivity contribution < 1.29 is 14.6 Å². The van der Waals surface area contributed by atoms with E-state index in [1.165, 1.54) is 0 Å². The fourth-order valence-electron chi connectivity index (χ4n) is 2.10. The van der Waals surface area contributed by atoms with Crippen LogP contribution in [0.15, 0.2) is 18.2 Å². The maximum Gasteiger partial charge on any atom is 0.373 e. The second kappa shape index (κ2) is 5.32. The van der Waals surface area contributed by atoms with Crippen LogP contribution in [0.25, 0.3) is 0 Å². The van der Waals surface area contributed by atoms with Crippen molar-refractivity contribution in [2.45, 2.75) is 45.6 Å². The Labute approximate surface area is 102 Å². The van der Waals surface area contributed by atoms with Crippen LogP contribution in [0.4, 0.5) is 0 Å². The Kier molecular flexibility index (Phi) is 3.79. The summed E-state index contributed by atoms with van der Waals surface area (Å²) >= 11 is 0. The SMILES string of the molecule is Cc1ccc(C)c(C(=O)OOC2CCCC2)c1. The van der Waals surface area contributed by atoms with Gasteiger partial charge in [-0.25, -0.2) is 4.79 Å². The van der Waals surface area contributed by atoms with Crippen LogP contribution in [0.3, 0.4) is 0 Å². The number of carbonyl (C=O) groups excluding carboxylic acids is 1. The topological polar surface area (TPSA) is 35.5 Å². The van der Waals surface area contributed by atoms with Gasteiger partial charge in [-0.1, -0.05) is 30.5 Å². The van der Waals surface area contributed by atoms with Gasteiger partial charge in [-0.05, 0) is 38.3 Å². The quantitative estimate of drug-likeness (QED) is 0.594. The summed E-state index contributed by atoms with van der Waals surface area (Å²) in [5.41, 5.74) is 2.54. The van der Waals surface area contributed by atoms with Crippen LogP contribution in [-0.2, 0) is 9.78 Å². The maximum absolute atomic E-state index is 11.8. The van der Waals surface area contributed by atoms with Crippen LogP contribution in [0.1, 0.15) is 47.2 Å². The van der Waals surface area contributed by atoms with Gasteiger partial charge in [0.1, 0.15) is 6.10 Å². The third kappa shape index (κ3) is 3.07. The summed E-state index contributed by atoms with van der Waals surface area (Å²) in [6, 6.07) is 5.72. The van der Waals surface area contributed by atoms with E-state index in [0.29, 0.717) is 5.56 Å². The summed E-state index contributed by atoms with van der Waals surface area (Å²) < 4.78 is 0. The molecule has 1 aliphatic carbocycles. The standard InChI is InChI=1S/C14H18O3/c1-10-7-8-11(2)13(9-10)14(15)17-16-12-5-3-4-6-12/h7-9,12H,3-6H2,1-2H3. The molecule has 0 spiro atoms. The number of rotatable bonds is 3. The molecule has 3 heteroatoms. The molecule has 0 atom stereocenters. The molecule has 1 aromatic carbocycles. The van der Waals surface area contributed by atoms with E-state index in [0.717, 1.165) is 36.8 Å². The molecule has 0 bridgehead atoms. The molecule has 1 aromatic rings. The van der Waals surface area contributed by atoms with Gasteiger partial charge in [0.25, 0.3) is 0 Å². The number of carbonyl (C=O) groups is 1. The predicted molar refractivity (Wildman–Crippen MR) is 64.7 cm³/mol. The zero-order valence-electron chi connectivity index (χ0n) is 10.4. The summed E-state index contributed by atoms with van der Waals surface area (Å²) in [6.07, 6.45) is 4.38. The molecule has 0 heterocycles. The second-order valence-corrected chi connectivity index (χ2v) is 4.69. The zero-order valence-corrected chi connectivity index (χ0v) is 10.4. The van der Waals surface area contributed by atoms with Crippen LogP contribution in [0, 0.1) is 13.8 Å². The van der Waals surface area contributed by atoms with Crippen LogP contribution in [0.5, 0.6) is 0 Å². The lowest BCUT2D eigenvalue weighted by molar-refractivity contribution is -0.272. The summed E-state index contributed by atoms with van der Waals surface area (Å²) in [5.74, 6) is -0.391. The number of benzene rings is 1. The van der Waals surface area contributed by atoms with E-state index < -0.39 is 5.97 Å². The van der Waals surface area contributed by atoms with Gasteiger partial charge in [-0.2, -0.15) is 4.89 Å². The number of hydrogen-bond acceptors (Lipinski definition) is 3. The van der Waals surface area contributed by atoms with Crippen molar-refractivity contribution in [1.82, 2.24) is 0 Å². The van der Waals surface area contributed by atoms with Gasteiger partial charge in [-0.3, -0.25) is 4.89 Å². The summed E-state index contributed by atoms with van der Waals surface area (Å²) in [7, 11) is 0. The highest BCUT2D eigenvalue weighted by atomic mass is 17.2. The lowest BCUT2D eigenvalue weighted by atomic mass is 10.1. The van der Waals surface area contributed by atoms with E-state index in [9.17, 15) is 4.79 Å². The molecule has 0 saturated heterocycles. The highest BCUT2D eigenvalue weighted by Crippen LogP contribution is 2.22. The lowest BCUT2D eigenvalue weighted by Gasteiger charge is -2.10. The van der Waals surface area contributed by atoms with E-state index in [2.05, 4.69) is 0 Å². The van der Waals surface area contributed by atoms with E-state index >= 15 is 0 Å². The van der Waals surface area contributed by atoms with Crippen LogP contribution in [-0.4, -0.2) is 12.1 Å². The molecule has 1 fully saturated rings. The fraction of sp³-hybridized carbons (Fsp3) is 0.500. The van der Waals surface area contributed by atoms with E-state index in [1.54, 1.807) is 0 Å². The minimum absolute atomic E-state index is 0.0871. The van der Waals surface area contributed by atoms with Crippen molar-refractivity contribution in [3.8, 4) is 0 Å². The molecule has 0 unspecified atom stereocenters. The Morgan fingerprint density at radius 3 is 2.65 bits per heavy atom. The first-order chi connectivity index (χ1) is 8.16. The summed E-state index contributed by atoms with van der Waals surface area (Å²) in [4.78, 5) is 21.9. The average molecular weight is 234 g/mol. The minimum Gasteiger partial charge on any atom is -0.293 e. The first-order valence-electron chi connectivity index (χ1n) is 6.12. The molecule has 1 aliphatic rings. The molecular weight excluding hydrogens is 216 g/mol. The summed E-state index contributed by atoms with van der Waals surface area (Å²) in [5, 5.41) is 0. The third-order valence-electron chi connectivity index (χ3n) is 3.18. The number of aryl methyl sites for hydroxylation is 2. The predicted octanol–water partition coefficient (Wildman–Crippen LogP) is 3.33. The Morgan fingerprint density at radius 2 is 1.94 bits per heavy atom. The van der Waals surface area contributed by atoms with Crippen molar-refractivity contribution in [3.05, 3.63) is 34.9 Å². The first-order valence-corrected chi connectivity index (χ1v) is 6.12. The van der Waals surface area contributed by atoms with E-state index in [4.69, 9.17) is 9.78 Å². The van der Waals surface area contributed by atoms with Crippen molar-refractivity contribution >= 4 is 5.97 Å². The van der Waals surface area contributed by atoms with Gasteiger partial charge in [0, 0.05) is 0 Å². The minimum atomic E-state index is -0.391. The van der Waals surface area contributed by atoms with Crippen molar-refractivity contribution in [2.75, 3.05) is 0 Å². The molecule has 17 heavy (non-hydrogen) atoms. The van der Waals surface area contributed by atoms with Crippen LogP contribution >= 0.6 is 0 Å². The molecule has 3 nitrogen and oxygen atoms in total. The molecule has 1 saturated carbocycles. The molecule has 2 rings (SSSR count). The van der Waals surface area contributed by atoms with Crippen molar-refractivity contribution in [3.63, 3.8) is 0 Å². The van der Waals surface area contributed by atoms with Crippen molar-refractivity contribution in [1.29, 1.82) is 0 Å². The highest BCUT2D eigenvalue weighted by molar-refractivity contribution is 5.90. The Balaban J connectivity index is 1.96. The van der Waals surface area contributed by atoms with E-state index in [-0.39, 0.29) is 6.10 Å². The van der Waals surface area contributed by atoms with Crippen LogP contribution in [0.2, 0.25) is 0 Å². The zero-order chi connectivity index (χ0) is 12.3. The largest absolute Gasteiger partial charge is 0.373 e. The van der Waals surface area contributed by atoms with Gasteiger partial charge < -0.3 is 0 Å². The molecule has 92 valence electrons. The van der Waals surface area contributed by atoms with Gasteiger partial charge in [-0.15, -0.1) is 0 Å². The molecule has 0 radical (unpaired) electrons. The van der Waals surface area contributed by atoms with Crippen molar-refractivity contribution in [2.24, 2.45) is 0 Å². The Bertz CT molecular complexity index is 406. The molecule has 0 amide bonds. The smallest absolute Gasteiger partial charge is 0.293 e. The Morgan fingerprint density at radius 1 is 1.24 bits per heavy atom. The lowest BCUT2D eigenvalue weighted by Crippen LogP contribution is -2.14. The third-order valence-corrected chi connectivity index (χ3v) is 3.18. The van der Waals surface area contributed by atoms with Gasteiger partial charge in [0.15, 0.2) is 0 Å². The van der Waals surface area contributed by atoms with Crippen LogP contribution < -0.4 is 0 Å². The Hall–Kier alpha value is -1.35. The molecule has 0 aromatic heterocycles. The summed E-state index contributed by atoms with van der Waals surface area (Å²) in [6.45, 7) is 3.85. The molecule has 0 N–H and O–H groups in total. The highest BCUT2D eigenvalue weighted by Gasteiger charge is 2.19. The fourth-order valence-corrected chi connectivity index (χ4v) is 2.10. The second-order valence-electron chi connectivity index (χ2n) is 4.69. The van der Waals surface area contributed by atoms with Gasteiger partial charge in [0.2, 0.25) is 0 Å². The van der Waals surface area contributed by atoms with Gasteiger partial charge >= 0.3 is 5.97 Å². The number of hydrogen-bond donors (Lipinski definition) is 0. The molecule has 0 aliphatic heterocycles. The average Bonchev–Trinajstić information content (AvgIpc) is 2.82. The normalized spacial score (nSPS) is 16.1. The van der Waals surface area contributed by atoms with E-state index in [1.807, 2.05) is 32.0 Å². The maximum atomic E-state index is 11.8. The first kappa shape index (κ1) is 12.1.